The van der Waals surface area contributed by atoms with Crippen LogP contribution in [0.3, 0.4) is 0 Å². The van der Waals surface area contributed by atoms with Crippen LogP contribution >= 0.6 is 0 Å². The van der Waals surface area contributed by atoms with Crippen molar-refractivity contribution in [2.24, 2.45) is 5.41 Å². The van der Waals surface area contributed by atoms with Gasteiger partial charge in [-0.2, -0.15) is 5.10 Å². The highest BCUT2D eigenvalue weighted by Gasteiger charge is 2.52. The van der Waals surface area contributed by atoms with Crippen LogP contribution in [0.2, 0.25) is 0 Å². The third-order valence-electron chi connectivity index (χ3n) is 5.57. The zero-order valence-corrected chi connectivity index (χ0v) is 16.2. The summed E-state index contributed by atoms with van der Waals surface area (Å²) >= 11 is 0. The molecule has 3 amide bonds. The van der Waals surface area contributed by atoms with Crippen molar-refractivity contribution in [2.75, 3.05) is 19.0 Å². The lowest BCUT2D eigenvalue weighted by molar-refractivity contribution is -0.143. The van der Waals surface area contributed by atoms with Gasteiger partial charge in [0.1, 0.15) is 13.2 Å². The first-order valence-corrected chi connectivity index (χ1v) is 9.66. The molecule has 0 bridgehead atoms. The normalized spacial score (nSPS) is 18.0. The smallest absolute Gasteiger partial charge is 0.244 e. The van der Waals surface area contributed by atoms with Gasteiger partial charge < -0.3 is 10.1 Å². The maximum atomic E-state index is 12.7. The number of anilines is 1. The summed E-state index contributed by atoms with van der Waals surface area (Å²) in [6.07, 6.45) is 3.61. The van der Waals surface area contributed by atoms with E-state index in [1.54, 1.807) is 25.3 Å². The van der Waals surface area contributed by atoms with Gasteiger partial charge in [-0.1, -0.05) is 25.0 Å². The Labute approximate surface area is 167 Å². The summed E-state index contributed by atoms with van der Waals surface area (Å²) in [6, 6.07) is 7.07. The number of likely N-dealkylation sites (tertiary alicyclic amines) is 1. The number of hydrogen-bond acceptors (Lipinski definition) is 6. The number of rotatable bonds is 6. The molecule has 1 saturated carbocycles. The fourth-order valence-corrected chi connectivity index (χ4v) is 4.17. The topological polar surface area (TPSA) is 117 Å². The summed E-state index contributed by atoms with van der Waals surface area (Å²) in [5.41, 5.74) is 0.697. The van der Waals surface area contributed by atoms with Gasteiger partial charge in [0.2, 0.25) is 17.7 Å². The predicted octanol–water partition coefficient (Wildman–Crippen LogP) is 1.88. The Bertz CT molecular complexity index is 948. The summed E-state index contributed by atoms with van der Waals surface area (Å²) in [5.74, 6) is 0.224. The van der Waals surface area contributed by atoms with Crippen LogP contribution < -0.4 is 5.32 Å². The van der Waals surface area contributed by atoms with Crippen molar-refractivity contribution in [3.05, 3.63) is 30.1 Å². The molecule has 0 unspecified atom stereocenters. The van der Waals surface area contributed by atoms with Gasteiger partial charge in [0, 0.05) is 24.8 Å². The standard InChI is InChI=1S/C20H23N5O4/c1-29-12-15-22-18(24-23-15)13-5-4-6-14(9-13)21-16(26)11-25-17(27)10-20(19(25)28)7-2-3-8-20/h4-6,9H,2-3,7-8,10-12H2,1H3,(H,21,26)(H,22,23,24). The molecule has 152 valence electrons. The number of aromatic amines is 1. The number of hydrogen-bond donors (Lipinski definition) is 2. The van der Waals surface area contributed by atoms with Gasteiger partial charge in [0.25, 0.3) is 0 Å². The van der Waals surface area contributed by atoms with Crippen LogP contribution in [0.15, 0.2) is 24.3 Å². The van der Waals surface area contributed by atoms with E-state index in [0.29, 0.717) is 23.9 Å². The summed E-state index contributed by atoms with van der Waals surface area (Å²) in [4.78, 5) is 43.0. The van der Waals surface area contributed by atoms with Gasteiger partial charge in [-0.3, -0.25) is 24.4 Å². The average molecular weight is 397 g/mol. The Kier molecular flexibility index (Phi) is 5.14. The van der Waals surface area contributed by atoms with Crippen LogP contribution in [-0.2, 0) is 25.7 Å². The SMILES string of the molecule is COCc1nc(-c2cccc(NC(=O)CN3C(=O)CC4(CCCC4)C3=O)c2)n[nH]1. The zero-order valence-electron chi connectivity index (χ0n) is 16.2. The summed E-state index contributed by atoms with van der Waals surface area (Å²) in [7, 11) is 1.57. The number of carbonyl (C=O) groups excluding carboxylic acids is 3. The molecule has 9 heteroatoms. The minimum absolute atomic E-state index is 0.199. The van der Waals surface area contributed by atoms with Crippen molar-refractivity contribution < 1.29 is 19.1 Å². The quantitative estimate of drug-likeness (QED) is 0.719. The van der Waals surface area contributed by atoms with E-state index >= 15 is 0 Å². The molecular weight excluding hydrogens is 374 g/mol. The number of imide groups is 1. The Morgan fingerprint density at radius 3 is 2.86 bits per heavy atom. The highest BCUT2D eigenvalue weighted by Crippen LogP contribution is 2.46. The first kappa shape index (κ1) is 19.3. The molecule has 2 heterocycles. The van der Waals surface area contributed by atoms with Crippen molar-refractivity contribution in [3.63, 3.8) is 0 Å². The average Bonchev–Trinajstić information content (AvgIpc) is 3.40. The van der Waals surface area contributed by atoms with Crippen LogP contribution in [0.25, 0.3) is 11.4 Å². The lowest BCUT2D eigenvalue weighted by Gasteiger charge is -2.20. The second kappa shape index (κ2) is 7.75. The number of ether oxygens (including phenoxy) is 1. The Hall–Kier alpha value is -3.07. The molecule has 2 aromatic rings. The van der Waals surface area contributed by atoms with Crippen molar-refractivity contribution in [3.8, 4) is 11.4 Å². The molecule has 1 saturated heterocycles. The highest BCUT2D eigenvalue weighted by atomic mass is 16.5. The van der Waals surface area contributed by atoms with Gasteiger partial charge in [0.15, 0.2) is 11.6 Å². The summed E-state index contributed by atoms with van der Waals surface area (Å²) < 4.78 is 5.02. The molecule has 0 atom stereocenters. The largest absolute Gasteiger partial charge is 0.377 e. The van der Waals surface area contributed by atoms with Crippen LogP contribution in [0.1, 0.15) is 37.9 Å². The molecule has 29 heavy (non-hydrogen) atoms. The second-order valence-corrected chi connectivity index (χ2v) is 7.62. The molecule has 2 aliphatic rings. The number of amides is 3. The number of H-pyrrole nitrogens is 1. The van der Waals surface area contributed by atoms with E-state index in [2.05, 4.69) is 20.5 Å². The third kappa shape index (κ3) is 3.77. The lowest BCUT2D eigenvalue weighted by Crippen LogP contribution is -2.39. The van der Waals surface area contributed by atoms with Crippen molar-refractivity contribution in [2.45, 2.75) is 38.7 Å². The molecule has 2 N–H and O–H groups in total. The Balaban J connectivity index is 1.42. The molecule has 4 rings (SSSR count). The van der Waals surface area contributed by atoms with Gasteiger partial charge in [0.05, 0.1) is 5.41 Å². The van der Waals surface area contributed by atoms with E-state index in [9.17, 15) is 14.4 Å². The lowest BCUT2D eigenvalue weighted by atomic mass is 9.84. The van der Waals surface area contributed by atoms with Gasteiger partial charge >= 0.3 is 0 Å². The monoisotopic (exact) mass is 397 g/mol. The third-order valence-corrected chi connectivity index (χ3v) is 5.57. The van der Waals surface area contributed by atoms with E-state index in [0.717, 1.165) is 36.1 Å². The minimum Gasteiger partial charge on any atom is -0.377 e. The Morgan fingerprint density at radius 1 is 1.31 bits per heavy atom. The number of carbonyl (C=O) groups is 3. The molecule has 1 aliphatic heterocycles. The zero-order chi connectivity index (χ0) is 20.4. The summed E-state index contributed by atoms with van der Waals surface area (Å²) in [6.45, 7) is 0.0606. The number of nitrogens with zero attached hydrogens (tertiary/aromatic N) is 3. The van der Waals surface area contributed by atoms with Crippen molar-refractivity contribution in [1.29, 1.82) is 0 Å². The van der Waals surface area contributed by atoms with E-state index in [-0.39, 0.29) is 24.8 Å². The number of aromatic nitrogens is 3. The van der Waals surface area contributed by atoms with Crippen molar-refractivity contribution in [1.82, 2.24) is 20.1 Å². The first-order valence-electron chi connectivity index (χ1n) is 9.66. The Morgan fingerprint density at radius 2 is 2.10 bits per heavy atom. The molecule has 0 radical (unpaired) electrons. The molecule has 1 aromatic heterocycles. The molecule has 1 aliphatic carbocycles. The maximum absolute atomic E-state index is 12.7. The van der Waals surface area contributed by atoms with E-state index in [1.165, 1.54) is 0 Å². The van der Waals surface area contributed by atoms with Gasteiger partial charge in [-0.25, -0.2) is 4.98 Å². The van der Waals surface area contributed by atoms with Crippen molar-refractivity contribution >= 4 is 23.4 Å². The van der Waals surface area contributed by atoms with E-state index < -0.39 is 11.3 Å². The van der Waals surface area contributed by atoms with Crippen LogP contribution in [-0.4, -0.2) is 51.5 Å². The number of benzene rings is 1. The molecule has 9 nitrogen and oxygen atoms in total. The molecular formula is C20H23N5O4. The predicted molar refractivity (Wildman–Crippen MR) is 103 cm³/mol. The number of methoxy groups -OCH3 is 1. The van der Waals surface area contributed by atoms with Crippen LogP contribution in [0.4, 0.5) is 5.69 Å². The molecule has 1 aromatic carbocycles. The maximum Gasteiger partial charge on any atom is 0.244 e. The number of nitrogens with one attached hydrogen (secondary N) is 2. The second-order valence-electron chi connectivity index (χ2n) is 7.62. The van der Waals surface area contributed by atoms with Gasteiger partial charge in [-0.05, 0) is 25.0 Å². The fourth-order valence-electron chi connectivity index (χ4n) is 4.17. The van der Waals surface area contributed by atoms with Crippen LogP contribution in [0.5, 0.6) is 0 Å². The van der Waals surface area contributed by atoms with Crippen LogP contribution in [0, 0.1) is 5.41 Å². The molecule has 2 fully saturated rings. The van der Waals surface area contributed by atoms with E-state index in [1.807, 2.05) is 6.07 Å². The highest BCUT2D eigenvalue weighted by molar-refractivity contribution is 6.09. The minimum atomic E-state index is -0.567. The summed E-state index contributed by atoms with van der Waals surface area (Å²) in [5, 5.41) is 9.69. The van der Waals surface area contributed by atoms with Gasteiger partial charge in [-0.15, -0.1) is 0 Å². The fraction of sp³-hybridized carbons (Fsp3) is 0.450. The molecule has 1 spiro atoms. The van der Waals surface area contributed by atoms with E-state index in [4.69, 9.17) is 4.74 Å². The first-order chi connectivity index (χ1) is 14.0.